The van der Waals surface area contributed by atoms with E-state index in [4.69, 9.17) is 14.2 Å². The molecule has 0 aliphatic heterocycles. The van der Waals surface area contributed by atoms with Crippen molar-refractivity contribution < 1.29 is 28.6 Å². The molecular formula is C73H110O6. The molecule has 6 heteroatoms. The molecule has 0 aliphatic rings. The summed E-state index contributed by atoms with van der Waals surface area (Å²) in [4.78, 5) is 38.2. The fourth-order valence-corrected chi connectivity index (χ4v) is 7.60. The standard InChI is InChI=1S/C73H110O6/c1-4-7-10-13-16-19-22-25-28-30-32-34-35-36-37-39-40-42-45-48-51-54-57-60-63-66-72(75)78-69-70(68-77-71(74)65-62-59-56-53-50-47-44-27-24-21-18-15-12-9-6-3)79-73(76)67-64-61-58-55-52-49-46-43-41-38-33-31-29-26-23-20-17-14-11-8-5-2/h7-12,16-21,25-29,32-34,36-38,40,42,44,48,50-51,53,59,62,70H,4-6,13-15,22-24,30-31,35,39,41,43,45-47,49,52,54-58,60-61,63-69H2,1-3H3/b10-7-,11-8-,12-9-,19-16-,20-17-,21-18-,28-25-,29-26-,34-32-,37-36-,38-33-,42-40-,44-27-,51-48-,53-50-,62-59-. The molecule has 0 aromatic heterocycles. The third kappa shape index (κ3) is 63.0. The molecule has 0 saturated heterocycles. The quantitative estimate of drug-likeness (QED) is 0.0261. The average Bonchev–Trinajstić information content (AvgIpc) is 3.45. The summed E-state index contributed by atoms with van der Waals surface area (Å²) in [5.74, 6) is -1.12. The minimum absolute atomic E-state index is 0.108. The Labute approximate surface area is 484 Å². The Hall–Kier alpha value is -5.75. The molecule has 0 N–H and O–H groups in total. The molecule has 1 atom stereocenters. The van der Waals surface area contributed by atoms with E-state index in [2.05, 4.69) is 203 Å². The van der Waals surface area contributed by atoms with Gasteiger partial charge in [-0.3, -0.25) is 14.4 Å². The van der Waals surface area contributed by atoms with Gasteiger partial charge in [0.05, 0.1) is 6.42 Å². The van der Waals surface area contributed by atoms with Crippen molar-refractivity contribution in [2.24, 2.45) is 0 Å². The maximum absolute atomic E-state index is 12.9. The predicted octanol–water partition coefficient (Wildman–Crippen LogP) is 21.4. The maximum Gasteiger partial charge on any atom is 0.309 e. The zero-order valence-corrected chi connectivity index (χ0v) is 50.0. The van der Waals surface area contributed by atoms with E-state index in [0.717, 1.165) is 161 Å². The fourth-order valence-electron chi connectivity index (χ4n) is 7.60. The zero-order chi connectivity index (χ0) is 57.1. The number of unbranched alkanes of at least 4 members (excludes halogenated alkanes) is 11. The van der Waals surface area contributed by atoms with Crippen molar-refractivity contribution in [1.82, 2.24) is 0 Å². The van der Waals surface area contributed by atoms with E-state index in [1.807, 2.05) is 6.08 Å². The van der Waals surface area contributed by atoms with E-state index in [-0.39, 0.29) is 44.4 Å². The first-order valence-corrected chi connectivity index (χ1v) is 30.9. The van der Waals surface area contributed by atoms with Crippen LogP contribution < -0.4 is 0 Å². The molecule has 6 nitrogen and oxygen atoms in total. The minimum atomic E-state index is -0.850. The van der Waals surface area contributed by atoms with Gasteiger partial charge in [-0.2, -0.15) is 0 Å². The first kappa shape index (κ1) is 73.2. The van der Waals surface area contributed by atoms with E-state index >= 15 is 0 Å². The van der Waals surface area contributed by atoms with Gasteiger partial charge in [0.2, 0.25) is 0 Å². The van der Waals surface area contributed by atoms with Crippen LogP contribution in [-0.2, 0) is 28.6 Å². The number of rotatable bonds is 53. The van der Waals surface area contributed by atoms with Gasteiger partial charge in [0.1, 0.15) is 13.2 Å². The molecule has 0 rings (SSSR count). The van der Waals surface area contributed by atoms with Crippen molar-refractivity contribution in [2.75, 3.05) is 13.2 Å². The van der Waals surface area contributed by atoms with E-state index in [0.29, 0.717) is 0 Å². The summed E-state index contributed by atoms with van der Waals surface area (Å²) in [5, 5.41) is 0. The van der Waals surface area contributed by atoms with Crippen LogP contribution in [0.4, 0.5) is 0 Å². The Bertz CT molecular complexity index is 1920. The first-order valence-electron chi connectivity index (χ1n) is 30.9. The second kappa shape index (κ2) is 64.8. The lowest BCUT2D eigenvalue weighted by Gasteiger charge is -2.18. The Morgan fingerprint density at radius 2 is 0.506 bits per heavy atom. The largest absolute Gasteiger partial charge is 0.462 e. The summed E-state index contributed by atoms with van der Waals surface area (Å²) in [6.07, 6.45) is 98.8. The minimum Gasteiger partial charge on any atom is -0.462 e. The predicted molar refractivity (Wildman–Crippen MR) is 343 cm³/mol. The third-order valence-corrected chi connectivity index (χ3v) is 12.1. The van der Waals surface area contributed by atoms with Gasteiger partial charge >= 0.3 is 17.9 Å². The van der Waals surface area contributed by atoms with Crippen molar-refractivity contribution in [2.45, 2.75) is 232 Å². The molecule has 0 radical (unpaired) electrons. The number of carbonyl (C=O) groups is 3. The second-order valence-electron chi connectivity index (χ2n) is 19.5. The van der Waals surface area contributed by atoms with Crippen molar-refractivity contribution in [3.8, 4) is 0 Å². The normalized spacial score (nSPS) is 13.5. The molecule has 0 bridgehead atoms. The van der Waals surface area contributed by atoms with Crippen LogP contribution in [0.5, 0.6) is 0 Å². The summed E-state index contributed by atoms with van der Waals surface area (Å²) in [6, 6.07) is 0. The monoisotopic (exact) mass is 1080 g/mol. The molecule has 79 heavy (non-hydrogen) atoms. The van der Waals surface area contributed by atoms with Crippen LogP contribution in [0.1, 0.15) is 226 Å². The lowest BCUT2D eigenvalue weighted by Crippen LogP contribution is -2.30. The molecule has 0 saturated carbocycles. The second-order valence-corrected chi connectivity index (χ2v) is 19.5. The number of allylic oxidation sites excluding steroid dienone is 31. The van der Waals surface area contributed by atoms with Crippen LogP contribution in [0.15, 0.2) is 194 Å². The highest BCUT2D eigenvalue weighted by Crippen LogP contribution is 2.13. The van der Waals surface area contributed by atoms with E-state index in [1.54, 1.807) is 6.08 Å². The van der Waals surface area contributed by atoms with Crippen molar-refractivity contribution >= 4 is 17.9 Å². The highest BCUT2D eigenvalue weighted by Gasteiger charge is 2.19. The van der Waals surface area contributed by atoms with Crippen LogP contribution in [0, 0.1) is 0 Å². The zero-order valence-electron chi connectivity index (χ0n) is 50.0. The highest BCUT2D eigenvalue weighted by atomic mass is 16.6. The lowest BCUT2D eigenvalue weighted by atomic mass is 10.1. The Morgan fingerprint density at radius 3 is 0.835 bits per heavy atom. The van der Waals surface area contributed by atoms with Gasteiger partial charge in [-0.25, -0.2) is 0 Å². The molecular weight excluding hydrogens is 973 g/mol. The molecule has 0 amide bonds. The number of esters is 3. The van der Waals surface area contributed by atoms with E-state index in [1.165, 1.54) is 25.7 Å². The molecule has 0 aromatic carbocycles. The first-order chi connectivity index (χ1) is 39.0. The summed E-state index contributed by atoms with van der Waals surface area (Å²) in [6.45, 7) is 6.16. The van der Waals surface area contributed by atoms with Crippen molar-refractivity contribution in [1.29, 1.82) is 0 Å². The van der Waals surface area contributed by atoms with Gasteiger partial charge in [-0.05, 0) is 141 Å². The molecule has 0 fully saturated rings. The smallest absolute Gasteiger partial charge is 0.309 e. The van der Waals surface area contributed by atoms with Crippen molar-refractivity contribution in [3.05, 3.63) is 194 Å². The van der Waals surface area contributed by atoms with Gasteiger partial charge in [0, 0.05) is 12.8 Å². The van der Waals surface area contributed by atoms with Gasteiger partial charge in [-0.1, -0.05) is 260 Å². The highest BCUT2D eigenvalue weighted by molar-refractivity contribution is 5.72. The molecule has 1 unspecified atom stereocenters. The average molecular weight is 1080 g/mol. The Morgan fingerprint density at radius 1 is 0.266 bits per heavy atom. The molecule has 0 aliphatic carbocycles. The Kier molecular flexibility index (Phi) is 60.1. The number of carbonyl (C=O) groups excluding carboxylic acids is 3. The SMILES string of the molecule is CC/C=C\C/C=C\C/C=C\C/C=C\C/C=C\C/C=C\C/C=C\CCCCCC(=O)OCC(COC(=O)C/C=C\C/C=C\C/C=C\C/C=C\C/C=C\CC)OC(=O)CCCCCCCCCC/C=C\C/C=C\C/C=C\C/C=C\CC. The maximum atomic E-state index is 12.9. The summed E-state index contributed by atoms with van der Waals surface area (Å²) >= 11 is 0. The van der Waals surface area contributed by atoms with Gasteiger partial charge in [0.15, 0.2) is 6.10 Å². The third-order valence-electron chi connectivity index (χ3n) is 12.1. The van der Waals surface area contributed by atoms with Crippen LogP contribution in [-0.4, -0.2) is 37.2 Å². The van der Waals surface area contributed by atoms with Gasteiger partial charge in [0.25, 0.3) is 0 Å². The van der Waals surface area contributed by atoms with E-state index in [9.17, 15) is 14.4 Å². The van der Waals surface area contributed by atoms with Crippen LogP contribution in [0.25, 0.3) is 0 Å². The van der Waals surface area contributed by atoms with Crippen molar-refractivity contribution in [3.63, 3.8) is 0 Å². The van der Waals surface area contributed by atoms with Gasteiger partial charge < -0.3 is 14.2 Å². The molecule has 0 heterocycles. The lowest BCUT2D eigenvalue weighted by molar-refractivity contribution is -0.166. The summed E-state index contributed by atoms with van der Waals surface area (Å²) in [7, 11) is 0. The van der Waals surface area contributed by atoms with Gasteiger partial charge in [-0.15, -0.1) is 0 Å². The number of hydrogen-bond acceptors (Lipinski definition) is 6. The Balaban J connectivity index is 4.58. The van der Waals surface area contributed by atoms with E-state index < -0.39 is 12.1 Å². The summed E-state index contributed by atoms with van der Waals surface area (Å²) < 4.78 is 16.8. The topological polar surface area (TPSA) is 78.9 Å². The molecule has 0 aromatic rings. The van der Waals surface area contributed by atoms with Crippen LogP contribution in [0.3, 0.4) is 0 Å². The number of ether oxygens (including phenoxy) is 3. The van der Waals surface area contributed by atoms with Crippen LogP contribution in [0.2, 0.25) is 0 Å². The molecule has 438 valence electrons. The number of hydrogen-bond donors (Lipinski definition) is 0. The fraction of sp³-hybridized carbons (Fsp3) is 0.521. The van der Waals surface area contributed by atoms with Crippen LogP contribution >= 0.6 is 0 Å². The molecule has 0 spiro atoms. The summed E-state index contributed by atoms with van der Waals surface area (Å²) in [5.41, 5.74) is 0.